The van der Waals surface area contributed by atoms with E-state index in [2.05, 4.69) is 30.2 Å². The van der Waals surface area contributed by atoms with Crippen LogP contribution in [0, 0.1) is 0 Å². The molecule has 1 unspecified atom stereocenters. The molecule has 0 saturated carbocycles. The zero-order chi connectivity index (χ0) is 11.1. The Morgan fingerprint density at radius 1 is 1.47 bits per heavy atom. The predicted molar refractivity (Wildman–Crippen MR) is 61.7 cm³/mol. The van der Waals surface area contributed by atoms with Crippen molar-refractivity contribution in [2.45, 2.75) is 32.4 Å². The lowest BCUT2D eigenvalue weighted by Crippen LogP contribution is -2.29. The van der Waals surface area contributed by atoms with Gasteiger partial charge in [0.25, 0.3) is 0 Å². The zero-order valence-corrected chi connectivity index (χ0v) is 9.73. The monoisotopic (exact) mass is 208 g/mol. The van der Waals surface area contributed by atoms with E-state index in [1.54, 1.807) is 13.3 Å². The van der Waals surface area contributed by atoms with E-state index in [1.807, 2.05) is 12.3 Å². The first-order valence-electron chi connectivity index (χ1n) is 5.39. The van der Waals surface area contributed by atoms with Gasteiger partial charge in [-0.1, -0.05) is 6.07 Å². The van der Waals surface area contributed by atoms with Gasteiger partial charge in [-0.05, 0) is 31.9 Å². The fourth-order valence-electron chi connectivity index (χ4n) is 1.53. The maximum Gasteiger partial charge on any atom is 0.0476 e. The number of methoxy groups -OCH3 is 1. The van der Waals surface area contributed by atoms with Crippen LogP contribution >= 0.6 is 0 Å². The number of hydrogen-bond acceptors (Lipinski definition) is 3. The van der Waals surface area contributed by atoms with Crippen molar-refractivity contribution < 1.29 is 4.74 Å². The molecule has 0 bridgehead atoms. The van der Waals surface area contributed by atoms with Gasteiger partial charge in [-0.3, -0.25) is 4.98 Å². The Morgan fingerprint density at radius 2 is 2.27 bits per heavy atom. The van der Waals surface area contributed by atoms with Crippen LogP contribution in [0.5, 0.6) is 0 Å². The Labute approximate surface area is 91.9 Å². The molecule has 0 aliphatic rings. The highest BCUT2D eigenvalue weighted by atomic mass is 16.5. The van der Waals surface area contributed by atoms with Crippen LogP contribution in [0.25, 0.3) is 0 Å². The van der Waals surface area contributed by atoms with Crippen LogP contribution in [0.3, 0.4) is 0 Å². The lowest BCUT2D eigenvalue weighted by atomic mass is 10.1. The van der Waals surface area contributed by atoms with Gasteiger partial charge in [0.05, 0.1) is 0 Å². The molecule has 0 aromatic carbocycles. The molecular formula is C12H20N2O. The molecule has 1 N–H and O–H groups in total. The van der Waals surface area contributed by atoms with Gasteiger partial charge in [0.15, 0.2) is 0 Å². The van der Waals surface area contributed by atoms with Gasteiger partial charge in [-0.2, -0.15) is 0 Å². The molecule has 1 rings (SSSR count). The second-order valence-electron chi connectivity index (χ2n) is 3.86. The second kappa shape index (κ2) is 6.53. The number of hydrogen-bond donors (Lipinski definition) is 1. The fraction of sp³-hybridized carbons (Fsp3) is 0.583. The average Bonchev–Trinajstić information content (AvgIpc) is 2.27. The van der Waals surface area contributed by atoms with Crippen LogP contribution in [0.4, 0.5) is 0 Å². The van der Waals surface area contributed by atoms with Gasteiger partial charge >= 0.3 is 0 Å². The smallest absolute Gasteiger partial charge is 0.0476 e. The van der Waals surface area contributed by atoms with Crippen molar-refractivity contribution in [1.82, 2.24) is 10.3 Å². The minimum absolute atomic E-state index is 0.338. The summed E-state index contributed by atoms with van der Waals surface area (Å²) in [5, 5.41) is 3.51. The summed E-state index contributed by atoms with van der Waals surface area (Å²) < 4.78 is 5.05. The molecule has 0 aliphatic heterocycles. The molecule has 0 saturated heterocycles. The normalized spacial score (nSPS) is 14.9. The molecule has 0 spiro atoms. The fourth-order valence-corrected chi connectivity index (χ4v) is 1.53. The lowest BCUT2D eigenvalue weighted by molar-refractivity contribution is 0.183. The predicted octanol–water partition coefficient (Wildman–Crippen LogP) is 2.16. The van der Waals surface area contributed by atoms with E-state index in [9.17, 15) is 0 Å². The molecule has 0 fully saturated rings. The first kappa shape index (κ1) is 12.1. The van der Waals surface area contributed by atoms with E-state index in [0.717, 1.165) is 13.0 Å². The van der Waals surface area contributed by atoms with Crippen molar-refractivity contribution in [3.63, 3.8) is 0 Å². The Bertz CT molecular complexity index is 264. The van der Waals surface area contributed by atoms with Crippen molar-refractivity contribution in [1.29, 1.82) is 0 Å². The molecule has 1 heterocycles. The molecule has 0 radical (unpaired) electrons. The van der Waals surface area contributed by atoms with Crippen LogP contribution in [0.2, 0.25) is 0 Å². The Balaban J connectivity index is 2.38. The second-order valence-corrected chi connectivity index (χ2v) is 3.86. The first-order chi connectivity index (χ1) is 7.24. The molecule has 3 heteroatoms. The summed E-state index contributed by atoms with van der Waals surface area (Å²) in [7, 11) is 1.73. The van der Waals surface area contributed by atoms with E-state index >= 15 is 0 Å². The highest BCUT2D eigenvalue weighted by Gasteiger charge is 2.08. The zero-order valence-electron chi connectivity index (χ0n) is 9.73. The molecule has 2 atom stereocenters. The van der Waals surface area contributed by atoms with Gasteiger partial charge in [-0.25, -0.2) is 0 Å². The Hall–Kier alpha value is -0.930. The van der Waals surface area contributed by atoms with Crippen LogP contribution in [0.1, 0.15) is 31.9 Å². The van der Waals surface area contributed by atoms with Gasteiger partial charge in [0.2, 0.25) is 0 Å². The number of aromatic nitrogens is 1. The summed E-state index contributed by atoms with van der Waals surface area (Å²) in [6.07, 6.45) is 4.73. The van der Waals surface area contributed by atoms with E-state index in [-0.39, 0.29) is 0 Å². The molecule has 0 amide bonds. The number of nitrogens with zero attached hydrogens (tertiary/aromatic N) is 1. The van der Waals surface area contributed by atoms with Crippen LogP contribution in [0.15, 0.2) is 24.5 Å². The highest BCUT2D eigenvalue weighted by Crippen LogP contribution is 2.11. The third-order valence-electron chi connectivity index (χ3n) is 2.47. The average molecular weight is 208 g/mol. The Morgan fingerprint density at radius 3 is 2.87 bits per heavy atom. The maximum absolute atomic E-state index is 5.05. The summed E-state index contributed by atoms with van der Waals surface area (Å²) in [6, 6.07) is 4.85. The number of ether oxygens (including phenoxy) is 1. The van der Waals surface area contributed by atoms with Gasteiger partial charge in [0.1, 0.15) is 0 Å². The van der Waals surface area contributed by atoms with Crippen LogP contribution in [-0.2, 0) is 4.74 Å². The summed E-state index contributed by atoms with van der Waals surface area (Å²) in [5.41, 5.74) is 1.22. The van der Waals surface area contributed by atoms with Crippen molar-refractivity contribution >= 4 is 0 Å². The molecular weight excluding hydrogens is 188 g/mol. The van der Waals surface area contributed by atoms with Gasteiger partial charge in [0, 0.05) is 38.2 Å². The van der Waals surface area contributed by atoms with Crippen molar-refractivity contribution in [2.24, 2.45) is 0 Å². The maximum atomic E-state index is 5.05. The summed E-state index contributed by atoms with van der Waals surface area (Å²) in [5.74, 6) is 0. The molecule has 1 aromatic heterocycles. The third kappa shape index (κ3) is 4.40. The van der Waals surface area contributed by atoms with Gasteiger partial charge in [-0.15, -0.1) is 0 Å². The molecule has 84 valence electrons. The minimum atomic E-state index is 0.338. The third-order valence-corrected chi connectivity index (χ3v) is 2.47. The van der Waals surface area contributed by atoms with Crippen molar-refractivity contribution in [3.05, 3.63) is 30.1 Å². The highest BCUT2D eigenvalue weighted by molar-refractivity contribution is 5.12. The molecule has 3 nitrogen and oxygen atoms in total. The molecule has 1 aromatic rings. The van der Waals surface area contributed by atoms with E-state index in [0.29, 0.717) is 12.1 Å². The Kier molecular flexibility index (Phi) is 5.29. The summed E-state index contributed by atoms with van der Waals surface area (Å²) in [4.78, 5) is 4.11. The van der Waals surface area contributed by atoms with E-state index in [1.165, 1.54) is 5.56 Å². The van der Waals surface area contributed by atoms with E-state index in [4.69, 9.17) is 4.74 Å². The largest absolute Gasteiger partial charge is 0.385 e. The van der Waals surface area contributed by atoms with E-state index < -0.39 is 0 Å². The molecule has 0 aliphatic carbocycles. The minimum Gasteiger partial charge on any atom is -0.385 e. The SMILES string of the molecule is COCCC(C)N[C@@H](C)c1cccnc1. The summed E-state index contributed by atoms with van der Waals surface area (Å²) >= 11 is 0. The number of pyridine rings is 1. The van der Waals surface area contributed by atoms with Crippen LogP contribution in [-0.4, -0.2) is 24.7 Å². The number of rotatable bonds is 6. The first-order valence-corrected chi connectivity index (χ1v) is 5.39. The van der Waals surface area contributed by atoms with Crippen molar-refractivity contribution in [2.75, 3.05) is 13.7 Å². The number of nitrogens with one attached hydrogen (secondary N) is 1. The van der Waals surface area contributed by atoms with Gasteiger partial charge < -0.3 is 10.1 Å². The summed E-state index contributed by atoms with van der Waals surface area (Å²) in [6.45, 7) is 5.13. The lowest BCUT2D eigenvalue weighted by Gasteiger charge is -2.19. The standard InChI is InChI=1S/C12H20N2O/c1-10(6-8-15-3)14-11(2)12-5-4-7-13-9-12/h4-5,7,9-11,14H,6,8H2,1-3H3/t10?,11-/m0/s1. The van der Waals surface area contributed by atoms with Crippen molar-refractivity contribution in [3.8, 4) is 0 Å². The van der Waals surface area contributed by atoms with Crippen LogP contribution < -0.4 is 5.32 Å². The topological polar surface area (TPSA) is 34.1 Å². The molecule has 15 heavy (non-hydrogen) atoms. The quantitative estimate of drug-likeness (QED) is 0.778.